The van der Waals surface area contributed by atoms with Crippen LogP contribution in [0.3, 0.4) is 0 Å². The third-order valence-electron chi connectivity index (χ3n) is 2.27. The number of thioether (sulfide) groups is 1. The lowest BCUT2D eigenvalue weighted by Crippen LogP contribution is -2.09. The van der Waals surface area contributed by atoms with E-state index in [1.54, 1.807) is 0 Å². The molecule has 0 bridgehead atoms. The van der Waals surface area contributed by atoms with Crippen molar-refractivity contribution in [2.75, 3.05) is 0 Å². The van der Waals surface area contributed by atoms with Crippen LogP contribution in [0.25, 0.3) is 0 Å². The third kappa shape index (κ3) is 3.91. The van der Waals surface area contributed by atoms with Crippen molar-refractivity contribution in [1.29, 1.82) is 0 Å². The van der Waals surface area contributed by atoms with E-state index in [4.69, 9.17) is 12.2 Å². The molecule has 0 aliphatic heterocycles. The van der Waals surface area contributed by atoms with Crippen LogP contribution in [0, 0.1) is 11.6 Å². The molecule has 0 unspecified atom stereocenters. The molecule has 16 heavy (non-hydrogen) atoms. The van der Waals surface area contributed by atoms with Crippen molar-refractivity contribution >= 4 is 24.0 Å². The average Bonchev–Trinajstić information content (AvgIpc) is 2.13. The fourth-order valence-electron chi connectivity index (χ4n) is 1.44. The van der Waals surface area contributed by atoms with Gasteiger partial charge in [-0.1, -0.05) is 39.9 Å². The molecule has 2 nitrogen and oxygen atoms in total. The summed E-state index contributed by atoms with van der Waals surface area (Å²) in [4.78, 5) is 7.79. The van der Waals surface area contributed by atoms with Crippen LogP contribution in [0.15, 0.2) is 0 Å². The van der Waals surface area contributed by atoms with E-state index in [0.29, 0.717) is 0 Å². The number of H-pyrrole nitrogens is 1. The average molecular weight is 256 g/mol. The quantitative estimate of drug-likeness (QED) is 0.827. The molecule has 1 N–H and O–H groups in total. The van der Waals surface area contributed by atoms with E-state index >= 15 is 0 Å². The van der Waals surface area contributed by atoms with Crippen LogP contribution in [0.4, 0.5) is 0 Å². The highest BCUT2D eigenvalue weighted by Crippen LogP contribution is 2.26. The van der Waals surface area contributed by atoms with E-state index in [0.717, 1.165) is 28.3 Å². The molecule has 0 radical (unpaired) electrons. The van der Waals surface area contributed by atoms with Crippen LogP contribution in [-0.4, -0.2) is 14.7 Å². The normalized spacial score (nSPS) is 11.8. The second-order valence-electron chi connectivity index (χ2n) is 4.85. The van der Waals surface area contributed by atoms with Crippen LogP contribution in [0.5, 0.6) is 0 Å². The van der Waals surface area contributed by atoms with Gasteiger partial charge in [0.15, 0.2) is 0 Å². The zero-order chi connectivity index (χ0) is 12.3. The van der Waals surface area contributed by atoms with E-state index in [1.807, 2.05) is 11.8 Å². The molecule has 1 aromatic rings. The van der Waals surface area contributed by atoms with Crippen molar-refractivity contribution in [2.45, 2.75) is 51.5 Å². The van der Waals surface area contributed by atoms with Gasteiger partial charge in [-0.05, 0) is 13.3 Å². The number of hydrogen-bond donors (Lipinski definition) is 1. The molecule has 4 heteroatoms. The highest BCUT2D eigenvalue weighted by Gasteiger charge is 2.12. The molecule has 0 atom stereocenters. The Morgan fingerprint density at radius 3 is 2.44 bits per heavy atom. The van der Waals surface area contributed by atoms with E-state index in [-0.39, 0.29) is 4.75 Å². The van der Waals surface area contributed by atoms with Gasteiger partial charge in [-0.25, -0.2) is 4.98 Å². The molecule has 0 aromatic carbocycles. The van der Waals surface area contributed by atoms with Gasteiger partial charge < -0.3 is 4.98 Å². The number of rotatable bonds is 3. The monoisotopic (exact) mass is 256 g/mol. The lowest BCUT2D eigenvalue weighted by molar-refractivity contribution is 0.798. The minimum absolute atomic E-state index is 0.258. The number of aromatic amines is 1. The first-order valence-electron chi connectivity index (χ1n) is 5.56. The van der Waals surface area contributed by atoms with Gasteiger partial charge >= 0.3 is 0 Å². The number of hydrogen-bond acceptors (Lipinski definition) is 3. The maximum absolute atomic E-state index is 5.29. The molecule has 0 saturated carbocycles. The van der Waals surface area contributed by atoms with Gasteiger partial charge in [-0.2, -0.15) is 0 Å². The van der Waals surface area contributed by atoms with Crippen LogP contribution in [-0.2, 0) is 12.2 Å². The first-order valence-corrected chi connectivity index (χ1v) is 6.95. The van der Waals surface area contributed by atoms with Crippen molar-refractivity contribution in [2.24, 2.45) is 0 Å². The van der Waals surface area contributed by atoms with E-state index < -0.39 is 0 Å². The van der Waals surface area contributed by atoms with Crippen molar-refractivity contribution in [3.05, 3.63) is 21.7 Å². The summed E-state index contributed by atoms with van der Waals surface area (Å²) >= 11 is 7.17. The summed E-state index contributed by atoms with van der Waals surface area (Å²) in [5.74, 6) is 1.87. The maximum atomic E-state index is 5.29. The van der Waals surface area contributed by atoms with Gasteiger partial charge in [0.1, 0.15) is 10.5 Å². The van der Waals surface area contributed by atoms with Crippen molar-refractivity contribution in [1.82, 2.24) is 9.97 Å². The summed E-state index contributed by atoms with van der Waals surface area (Å²) in [6.45, 7) is 10.8. The summed E-state index contributed by atoms with van der Waals surface area (Å²) in [5.41, 5.74) is 2.33. The highest BCUT2D eigenvalue weighted by atomic mass is 32.2. The number of nitrogens with one attached hydrogen (secondary N) is 1. The molecule has 90 valence electrons. The molecule has 0 aliphatic rings. The first-order chi connectivity index (χ1) is 7.33. The SMILES string of the molecule is CCc1c(C)[nH]c(CSC(C)(C)C)nc1=S. The lowest BCUT2D eigenvalue weighted by Gasteiger charge is -2.17. The Bertz CT molecular complexity index is 416. The van der Waals surface area contributed by atoms with Crippen LogP contribution < -0.4 is 0 Å². The molecule has 0 amide bonds. The number of aryl methyl sites for hydroxylation is 1. The second kappa shape index (κ2) is 5.32. The highest BCUT2D eigenvalue weighted by molar-refractivity contribution is 7.99. The van der Waals surface area contributed by atoms with Gasteiger partial charge in [0.25, 0.3) is 0 Å². The van der Waals surface area contributed by atoms with Crippen LogP contribution in [0.1, 0.15) is 44.8 Å². The molecule has 0 aliphatic carbocycles. The van der Waals surface area contributed by atoms with E-state index in [9.17, 15) is 0 Å². The summed E-state index contributed by atoms with van der Waals surface area (Å²) in [6.07, 6.45) is 0.945. The second-order valence-corrected chi connectivity index (χ2v) is 7.04. The predicted octanol–water partition coefficient (Wildman–Crippen LogP) is 4.04. The third-order valence-corrected chi connectivity index (χ3v) is 3.90. The summed E-state index contributed by atoms with van der Waals surface area (Å²) in [5, 5.41) is 0. The van der Waals surface area contributed by atoms with Gasteiger partial charge in [0.05, 0.1) is 5.75 Å². The minimum Gasteiger partial charge on any atom is -0.346 e. The van der Waals surface area contributed by atoms with Crippen LogP contribution >= 0.6 is 24.0 Å². The summed E-state index contributed by atoms with van der Waals surface area (Å²) in [6, 6.07) is 0. The van der Waals surface area contributed by atoms with Gasteiger partial charge in [0, 0.05) is 16.0 Å². The molecule has 0 spiro atoms. The Balaban J connectivity index is 2.88. The van der Waals surface area contributed by atoms with E-state index in [1.165, 1.54) is 5.56 Å². The molecular weight excluding hydrogens is 236 g/mol. The molecule has 0 fully saturated rings. The van der Waals surface area contributed by atoms with Gasteiger partial charge in [0.2, 0.25) is 0 Å². The fourth-order valence-corrected chi connectivity index (χ4v) is 2.55. The van der Waals surface area contributed by atoms with E-state index in [2.05, 4.69) is 44.6 Å². The largest absolute Gasteiger partial charge is 0.346 e. The Morgan fingerprint density at radius 1 is 1.38 bits per heavy atom. The van der Waals surface area contributed by atoms with Crippen molar-refractivity contribution < 1.29 is 0 Å². The number of nitrogens with zero attached hydrogens (tertiary/aromatic N) is 1. The van der Waals surface area contributed by atoms with Gasteiger partial charge in [-0.15, -0.1) is 11.8 Å². The Morgan fingerprint density at radius 2 is 2.00 bits per heavy atom. The maximum Gasteiger partial charge on any atom is 0.133 e. The topological polar surface area (TPSA) is 28.7 Å². The summed E-state index contributed by atoms with van der Waals surface area (Å²) in [7, 11) is 0. The standard InChI is InChI=1S/C12H20N2S2/c1-6-9-8(2)13-10(14-11(9)15)7-16-12(3,4)5/h6-7H2,1-5H3,(H,13,14,15). The van der Waals surface area contributed by atoms with Crippen LogP contribution in [0.2, 0.25) is 0 Å². The minimum atomic E-state index is 0.258. The molecule has 0 saturated heterocycles. The Labute approximate surface area is 107 Å². The Hall–Kier alpha value is -0.350. The van der Waals surface area contributed by atoms with Gasteiger partial charge in [-0.3, -0.25) is 0 Å². The zero-order valence-electron chi connectivity index (χ0n) is 10.7. The number of aromatic nitrogens is 2. The molecule has 1 rings (SSSR count). The summed E-state index contributed by atoms with van der Waals surface area (Å²) < 4.78 is 1.01. The van der Waals surface area contributed by atoms with Crippen molar-refractivity contribution in [3.8, 4) is 0 Å². The predicted molar refractivity (Wildman–Crippen MR) is 74.6 cm³/mol. The molecule has 1 aromatic heterocycles. The molecule has 1 heterocycles. The molecular formula is C12H20N2S2. The Kier molecular flexibility index (Phi) is 4.56. The lowest BCUT2D eigenvalue weighted by atomic mass is 10.2. The first kappa shape index (κ1) is 13.7. The smallest absolute Gasteiger partial charge is 0.133 e. The fraction of sp³-hybridized carbons (Fsp3) is 0.667. The zero-order valence-corrected chi connectivity index (χ0v) is 12.3. The van der Waals surface area contributed by atoms with Crippen molar-refractivity contribution in [3.63, 3.8) is 0 Å².